The summed E-state index contributed by atoms with van der Waals surface area (Å²) in [5.41, 5.74) is 8.66. The van der Waals surface area contributed by atoms with E-state index in [1.54, 1.807) is 12.4 Å². The molecule has 6 nitrogen and oxygen atoms in total. The molecule has 0 saturated heterocycles. The fourth-order valence-electron chi connectivity index (χ4n) is 2.83. The lowest BCUT2D eigenvalue weighted by atomic mass is 10.2. The van der Waals surface area contributed by atoms with Gasteiger partial charge in [0.1, 0.15) is 0 Å². The van der Waals surface area contributed by atoms with Crippen LogP contribution >= 0.6 is 46.7 Å². The van der Waals surface area contributed by atoms with Gasteiger partial charge in [0, 0.05) is 21.6 Å². The number of carbonyl (C=O) groups excluding carboxylic acids is 2. The van der Waals surface area contributed by atoms with Crippen molar-refractivity contribution in [2.45, 2.75) is 11.5 Å². The Balaban J connectivity index is 1.32. The van der Waals surface area contributed by atoms with Crippen molar-refractivity contribution in [2.24, 2.45) is 10.2 Å². The van der Waals surface area contributed by atoms with Crippen LogP contribution in [0.2, 0.25) is 10.0 Å². The van der Waals surface area contributed by atoms with Crippen LogP contribution in [0.4, 0.5) is 0 Å². The van der Waals surface area contributed by atoms with Gasteiger partial charge in [0.2, 0.25) is 11.8 Å². The highest BCUT2D eigenvalue weighted by Gasteiger charge is 2.04. The first-order chi connectivity index (χ1) is 17.5. The van der Waals surface area contributed by atoms with Crippen molar-refractivity contribution in [3.63, 3.8) is 0 Å². The first-order valence-electron chi connectivity index (χ1n) is 10.9. The van der Waals surface area contributed by atoms with Crippen LogP contribution < -0.4 is 10.9 Å². The molecule has 36 heavy (non-hydrogen) atoms. The number of nitrogens with one attached hydrogen (secondary N) is 2. The normalized spacial score (nSPS) is 11.2. The molecule has 0 aromatic heterocycles. The molecule has 0 saturated carbocycles. The molecule has 3 aromatic carbocycles. The number of benzene rings is 3. The number of halogens is 2. The van der Waals surface area contributed by atoms with E-state index in [1.165, 1.54) is 23.5 Å². The van der Waals surface area contributed by atoms with Gasteiger partial charge >= 0.3 is 0 Å². The third-order valence-electron chi connectivity index (χ3n) is 4.64. The Kier molecular flexibility index (Phi) is 11.9. The SMILES string of the molecule is O=C(CSCc1ccccc1Cl)N/N=C\c1ccc(/C=N\NC(=O)CSCc2ccccc2Cl)cc1. The summed E-state index contributed by atoms with van der Waals surface area (Å²) >= 11 is 15.2. The maximum Gasteiger partial charge on any atom is 0.250 e. The number of hydrazone groups is 2. The number of carbonyl (C=O) groups is 2. The lowest BCUT2D eigenvalue weighted by Crippen LogP contribution is -2.19. The molecule has 0 radical (unpaired) electrons. The van der Waals surface area contributed by atoms with Crippen LogP contribution in [0.15, 0.2) is 83.0 Å². The van der Waals surface area contributed by atoms with Crippen LogP contribution in [0.5, 0.6) is 0 Å². The van der Waals surface area contributed by atoms with Gasteiger partial charge < -0.3 is 0 Å². The van der Waals surface area contributed by atoms with Gasteiger partial charge in [-0.3, -0.25) is 9.59 Å². The number of hydrogen-bond acceptors (Lipinski definition) is 6. The van der Waals surface area contributed by atoms with Crippen LogP contribution in [-0.2, 0) is 21.1 Å². The molecule has 0 bridgehead atoms. The molecule has 3 rings (SSSR count). The van der Waals surface area contributed by atoms with Gasteiger partial charge in [0.15, 0.2) is 0 Å². The highest BCUT2D eigenvalue weighted by molar-refractivity contribution is 7.99. The zero-order valence-corrected chi connectivity index (χ0v) is 22.3. The van der Waals surface area contributed by atoms with E-state index < -0.39 is 0 Å². The first-order valence-corrected chi connectivity index (χ1v) is 13.9. The zero-order valence-electron chi connectivity index (χ0n) is 19.2. The molecule has 186 valence electrons. The highest BCUT2D eigenvalue weighted by atomic mass is 35.5. The van der Waals surface area contributed by atoms with Crippen molar-refractivity contribution in [3.05, 3.63) is 105 Å². The third-order valence-corrected chi connectivity index (χ3v) is 7.34. The molecule has 2 amide bonds. The summed E-state index contributed by atoms with van der Waals surface area (Å²) in [5.74, 6) is 1.49. The Labute approximate surface area is 228 Å². The Bertz CT molecular complexity index is 1130. The maximum atomic E-state index is 12.0. The van der Waals surface area contributed by atoms with Crippen LogP contribution in [0.25, 0.3) is 0 Å². The molecule has 0 unspecified atom stereocenters. The summed E-state index contributed by atoms with van der Waals surface area (Å²) < 4.78 is 0. The van der Waals surface area contributed by atoms with Crippen LogP contribution in [0.3, 0.4) is 0 Å². The number of rotatable bonds is 12. The monoisotopic (exact) mass is 558 g/mol. The summed E-state index contributed by atoms with van der Waals surface area (Å²) in [4.78, 5) is 23.9. The highest BCUT2D eigenvalue weighted by Crippen LogP contribution is 2.21. The standard InChI is InChI=1S/C26H24Cl2N4O2S2/c27-23-7-3-1-5-21(23)15-35-17-25(33)31-29-13-19-9-11-20(12-10-19)14-30-32-26(34)18-36-16-22-6-2-4-8-24(22)28/h1-14H,15-18H2,(H,31,33)(H,32,34)/b29-13-,30-14-. The molecule has 0 atom stereocenters. The van der Waals surface area contributed by atoms with E-state index in [0.717, 1.165) is 22.3 Å². The fourth-order valence-corrected chi connectivity index (χ4v) is 5.04. The molecule has 0 aliphatic heterocycles. The predicted octanol–water partition coefficient (Wildman–Crippen LogP) is 5.76. The van der Waals surface area contributed by atoms with Crippen molar-refractivity contribution < 1.29 is 9.59 Å². The second-order valence-corrected chi connectivity index (χ2v) is 10.2. The van der Waals surface area contributed by atoms with Gasteiger partial charge in [-0.05, 0) is 34.4 Å². The van der Waals surface area contributed by atoms with E-state index in [9.17, 15) is 9.59 Å². The van der Waals surface area contributed by atoms with Crippen LogP contribution in [0.1, 0.15) is 22.3 Å². The van der Waals surface area contributed by atoms with Gasteiger partial charge in [-0.15, -0.1) is 23.5 Å². The number of thioether (sulfide) groups is 2. The van der Waals surface area contributed by atoms with Gasteiger partial charge in [-0.1, -0.05) is 83.9 Å². The van der Waals surface area contributed by atoms with Gasteiger partial charge in [-0.2, -0.15) is 10.2 Å². The maximum absolute atomic E-state index is 12.0. The molecular formula is C26H24Cl2N4O2S2. The Morgan fingerprint density at radius 1 is 0.667 bits per heavy atom. The molecule has 2 N–H and O–H groups in total. The van der Waals surface area contributed by atoms with E-state index in [4.69, 9.17) is 23.2 Å². The lowest BCUT2D eigenvalue weighted by molar-refractivity contribution is -0.119. The molecule has 0 aliphatic carbocycles. The summed E-state index contributed by atoms with van der Waals surface area (Å²) in [6.07, 6.45) is 3.13. The van der Waals surface area contributed by atoms with Crippen LogP contribution in [-0.4, -0.2) is 35.7 Å². The number of hydrogen-bond donors (Lipinski definition) is 2. The third kappa shape index (κ3) is 10.1. The molecule has 10 heteroatoms. The number of nitrogens with zero attached hydrogens (tertiary/aromatic N) is 2. The molecule has 0 heterocycles. The van der Waals surface area contributed by atoms with Crippen molar-refractivity contribution in [3.8, 4) is 0 Å². The first kappa shape index (κ1) is 27.8. The van der Waals surface area contributed by atoms with Gasteiger partial charge in [0.05, 0.1) is 23.9 Å². The summed E-state index contributed by atoms with van der Waals surface area (Å²) in [7, 11) is 0. The van der Waals surface area contributed by atoms with E-state index in [-0.39, 0.29) is 23.3 Å². The average molecular weight is 560 g/mol. The van der Waals surface area contributed by atoms with Gasteiger partial charge in [-0.25, -0.2) is 10.9 Å². The van der Waals surface area contributed by atoms with E-state index >= 15 is 0 Å². The zero-order chi connectivity index (χ0) is 25.6. The smallest absolute Gasteiger partial charge is 0.250 e. The average Bonchev–Trinajstić information content (AvgIpc) is 2.87. The minimum Gasteiger partial charge on any atom is -0.272 e. The molecule has 0 fully saturated rings. The van der Waals surface area contributed by atoms with Crippen LogP contribution in [0, 0.1) is 0 Å². The Morgan fingerprint density at radius 2 is 1.06 bits per heavy atom. The lowest BCUT2D eigenvalue weighted by Gasteiger charge is -2.03. The molecule has 0 aliphatic rings. The summed E-state index contributed by atoms with van der Waals surface area (Å²) in [6, 6.07) is 22.5. The second kappa shape index (κ2) is 15.4. The topological polar surface area (TPSA) is 82.9 Å². The number of amides is 2. The minimum atomic E-state index is -0.187. The van der Waals surface area contributed by atoms with E-state index in [2.05, 4.69) is 21.1 Å². The molecular weight excluding hydrogens is 535 g/mol. The van der Waals surface area contributed by atoms with Crippen molar-refractivity contribution in [2.75, 3.05) is 11.5 Å². The Hall–Kier alpha value is -2.78. The van der Waals surface area contributed by atoms with E-state index in [1.807, 2.05) is 72.8 Å². The van der Waals surface area contributed by atoms with E-state index in [0.29, 0.717) is 21.6 Å². The van der Waals surface area contributed by atoms with Crippen molar-refractivity contribution >= 4 is 71.0 Å². The largest absolute Gasteiger partial charge is 0.272 e. The minimum absolute atomic E-state index is 0.187. The summed E-state index contributed by atoms with van der Waals surface area (Å²) in [5, 5.41) is 9.38. The predicted molar refractivity (Wildman–Crippen MR) is 153 cm³/mol. The Morgan fingerprint density at radius 3 is 1.44 bits per heavy atom. The quantitative estimate of drug-likeness (QED) is 0.218. The summed E-state index contributed by atoms with van der Waals surface area (Å²) in [6.45, 7) is 0. The molecule has 0 spiro atoms. The van der Waals surface area contributed by atoms with Crippen molar-refractivity contribution in [1.29, 1.82) is 0 Å². The second-order valence-electron chi connectivity index (χ2n) is 7.42. The fraction of sp³-hybridized carbons (Fsp3) is 0.154. The van der Waals surface area contributed by atoms with Crippen molar-refractivity contribution in [1.82, 2.24) is 10.9 Å². The molecule has 3 aromatic rings. The van der Waals surface area contributed by atoms with Gasteiger partial charge in [0.25, 0.3) is 0 Å².